The Kier molecular flexibility index (Phi) is 7.37. The molecule has 1 saturated carbocycles. The molecule has 1 amide bonds. The predicted octanol–water partition coefficient (Wildman–Crippen LogP) is 2.37. The lowest BCUT2D eigenvalue weighted by Gasteiger charge is -2.28. The van der Waals surface area contributed by atoms with Gasteiger partial charge in [-0.05, 0) is 60.7 Å². The van der Waals surface area contributed by atoms with Crippen LogP contribution < -0.4 is 30.1 Å². The molecule has 3 rings (SSSR count). The topological polar surface area (TPSA) is 137 Å². The summed E-state index contributed by atoms with van der Waals surface area (Å²) in [5.41, 5.74) is 7.75. The summed E-state index contributed by atoms with van der Waals surface area (Å²) in [4.78, 5) is 33.5. The fourth-order valence-electron chi connectivity index (χ4n) is 3.48. The van der Waals surface area contributed by atoms with Crippen LogP contribution in [0.15, 0.2) is 42.5 Å². The van der Waals surface area contributed by atoms with Crippen molar-refractivity contribution < 1.29 is 28.4 Å². The van der Waals surface area contributed by atoms with Gasteiger partial charge in [0.05, 0.1) is 12.3 Å². The third-order valence-corrected chi connectivity index (χ3v) is 5.49. The molecular weight excluding hydrogens is 407 g/mol. The van der Waals surface area contributed by atoms with Crippen molar-refractivity contribution >= 4 is 19.4 Å². The molecule has 1 aliphatic rings. The van der Waals surface area contributed by atoms with Crippen LogP contribution in [-0.2, 0) is 11.1 Å². The zero-order valence-corrected chi connectivity index (χ0v) is 17.4. The van der Waals surface area contributed by atoms with Crippen LogP contribution in [0.4, 0.5) is 5.69 Å². The molecule has 8 nitrogen and oxygen atoms in total. The number of anilines is 1. The van der Waals surface area contributed by atoms with E-state index in [1.165, 1.54) is 56.4 Å². The van der Waals surface area contributed by atoms with Crippen molar-refractivity contribution in [3.8, 4) is 11.5 Å². The number of nitrogens with one attached hydrogen (secondary N) is 1. The van der Waals surface area contributed by atoms with Gasteiger partial charge in [-0.1, -0.05) is 25.3 Å². The van der Waals surface area contributed by atoms with Crippen LogP contribution in [-0.4, -0.2) is 12.5 Å². The van der Waals surface area contributed by atoms with E-state index in [2.05, 4.69) is 9.84 Å². The summed E-state index contributed by atoms with van der Waals surface area (Å²) in [6.45, 7) is 0.939. The number of nitrogen functional groups attached to an aromatic ring is 1. The average molecular weight is 432 g/mol. The first kappa shape index (κ1) is 22.2. The number of ether oxygens (including phenoxy) is 1. The Balaban J connectivity index is 1.50. The quantitative estimate of drug-likeness (QED) is 0.483. The van der Waals surface area contributed by atoms with Crippen molar-refractivity contribution in [2.45, 2.75) is 38.6 Å². The number of phosphoric acid groups is 1. The Hall–Kier alpha value is -2.54. The number of hydrogen-bond acceptors (Lipinski definition) is 7. The monoisotopic (exact) mass is 432 g/mol. The zero-order valence-electron chi connectivity index (χ0n) is 16.5. The number of rotatable bonds is 8. The maximum absolute atomic E-state index is 12.3. The molecule has 0 radical (unpaired) electrons. The van der Waals surface area contributed by atoms with Crippen LogP contribution in [0, 0.1) is 5.92 Å². The Bertz CT molecular complexity index is 906. The Morgan fingerprint density at radius 1 is 1.10 bits per heavy atom. The molecule has 0 aromatic heterocycles. The minimum Gasteiger partial charge on any atom is -0.780 e. The highest BCUT2D eigenvalue weighted by Gasteiger charge is 2.15. The van der Waals surface area contributed by atoms with Gasteiger partial charge >= 0.3 is 0 Å². The first-order chi connectivity index (χ1) is 14.3. The van der Waals surface area contributed by atoms with Gasteiger partial charge in [0.2, 0.25) is 0 Å². The van der Waals surface area contributed by atoms with Gasteiger partial charge in [0.1, 0.15) is 19.3 Å². The van der Waals surface area contributed by atoms with E-state index in [0.29, 0.717) is 29.5 Å². The number of hydrogen-bond donors (Lipinski definition) is 2. The number of carbonyl (C=O) groups excluding carboxylic acids is 1. The normalized spacial score (nSPS) is 14.9. The summed E-state index contributed by atoms with van der Waals surface area (Å²) < 4.78 is 20.7. The zero-order chi connectivity index (χ0) is 21.6. The van der Waals surface area contributed by atoms with Gasteiger partial charge in [0, 0.05) is 12.1 Å². The van der Waals surface area contributed by atoms with Crippen LogP contribution in [0.1, 0.15) is 48.0 Å². The fraction of sp³-hybridized carbons (Fsp3) is 0.381. The number of benzene rings is 2. The molecule has 1 aliphatic carbocycles. The van der Waals surface area contributed by atoms with Crippen molar-refractivity contribution in [2.75, 3.05) is 12.3 Å². The van der Waals surface area contributed by atoms with Gasteiger partial charge in [-0.15, -0.1) is 0 Å². The maximum atomic E-state index is 12.3. The Labute approximate surface area is 175 Å². The molecule has 9 heteroatoms. The highest BCUT2D eigenvalue weighted by atomic mass is 31.2. The second kappa shape index (κ2) is 9.98. The van der Waals surface area contributed by atoms with Crippen molar-refractivity contribution in [3.05, 3.63) is 53.6 Å². The lowest BCUT2D eigenvalue weighted by Crippen LogP contribution is -2.23. The summed E-state index contributed by atoms with van der Waals surface area (Å²) >= 11 is 0. The lowest BCUT2D eigenvalue weighted by molar-refractivity contribution is -0.333. The SMILES string of the molecule is Nc1cc(CNC(=O)c2ccc(OP(=O)([O-])[O-])cc2)ccc1OCC1CCCCC1. The maximum Gasteiger partial charge on any atom is 0.251 e. The molecule has 0 atom stereocenters. The summed E-state index contributed by atoms with van der Waals surface area (Å²) in [5.74, 6) is 0.741. The van der Waals surface area contributed by atoms with Gasteiger partial charge in [-0.25, -0.2) is 0 Å². The second-order valence-corrected chi connectivity index (χ2v) is 8.51. The van der Waals surface area contributed by atoms with Crippen molar-refractivity contribution in [2.24, 2.45) is 5.92 Å². The summed E-state index contributed by atoms with van der Waals surface area (Å²) in [7, 11) is -5.12. The van der Waals surface area contributed by atoms with Crippen molar-refractivity contribution in [3.63, 3.8) is 0 Å². The molecule has 162 valence electrons. The van der Waals surface area contributed by atoms with E-state index >= 15 is 0 Å². The molecule has 0 saturated heterocycles. The molecule has 0 unspecified atom stereocenters. The van der Waals surface area contributed by atoms with Crippen molar-refractivity contribution in [1.82, 2.24) is 5.32 Å². The highest BCUT2D eigenvalue weighted by molar-refractivity contribution is 7.43. The summed E-state index contributed by atoms with van der Waals surface area (Å²) in [5, 5.41) is 2.76. The minimum atomic E-state index is -5.12. The van der Waals surface area contributed by atoms with E-state index in [1.807, 2.05) is 12.1 Å². The van der Waals surface area contributed by atoms with E-state index in [9.17, 15) is 19.1 Å². The van der Waals surface area contributed by atoms with E-state index in [4.69, 9.17) is 10.5 Å². The Morgan fingerprint density at radius 2 is 1.80 bits per heavy atom. The third kappa shape index (κ3) is 6.76. The van der Waals surface area contributed by atoms with Gasteiger partial charge < -0.3 is 34.7 Å². The summed E-state index contributed by atoms with van der Waals surface area (Å²) in [6, 6.07) is 10.7. The first-order valence-corrected chi connectivity index (χ1v) is 11.4. The van der Waals surface area contributed by atoms with E-state index in [-0.39, 0.29) is 18.2 Å². The van der Waals surface area contributed by atoms with Crippen LogP contribution in [0.5, 0.6) is 11.5 Å². The number of carbonyl (C=O) groups is 1. The molecule has 0 heterocycles. The van der Waals surface area contributed by atoms with Crippen LogP contribution in [0.2, 0.25) is 0 Å². The predicted molar refractivity (Wildman–Crippen MR) is 109 cm³/mol. The molecule has 2 aromatic rings. The van der Waals surface area contributed by atoms with Gasteiger partial charge in [0.15, 0.2) is 0 Å². The minimum absolute atomic E-state index is 0.142. The molecule has 0 bridgehead atoms. The first-order valence-electron chi connectivity index (χ1n) is 9.91. The smallest absolute Gasteiger partial charge is 0.251 e. The Morgan fingerprint density at radius 3 is 2.43 bits per heavy atom. The lowest BCUT2D eigenvalue weighted by atomic mass is 9.90. The van der Waals surface area contributed by atoms with Gasteiger partial charge in [0.25, 0.3) is 5.91 Å². The molecule has 30 heavy (non-hydrogen) atoms. The molecule has 0 spiro atoms. The van der Waals surface area contributed by atoms with Crippen molar-refractivity contribution in [1.29, 1.82) is 0 Å². The van der Waals surface area contributed by atoms with Crippen LogP contribution in [0.3, 0.4) is 0 Å². The standard InChI is InChI=1S/C21H27N2O6P/c22-19-12-16(6-11-20(19)28-14-15-4-2-1-3-5-15)13-23-21(24)17-7-9-18(10-8-17)29-30(25,26)27/h6-12,15H,1-5,13-14,22H2,(H,23,24)(H2,25,26,27)/p-2. The van der Waals surface area contributed by atoms with E-state index < -0.39 is 7.82 Å². The fourth-order valence-corrected chi connectivity index (χ4v) is 3.86. The average Bonchev–Trinajstić information content (AvgIpc) is 2.71. The molecule has 0 aliphatic heterocycles. The number of phosphoric ester groups is 1. The number of nitrogens with two attached hydrogens (primary N) is 1. The highest BCUT2D eigenvalue weighted by Crippen LogP contribution is 2.29. The van der Waals surface area contributed by atoms with E-state index in [1.54, 1.807) is 6.07 Å². The van der Waals surface area contributed by atoms with Crippen LogP contribution >= 0.6 is 7.82 Å². The second-order valence-electron chi connectivity index (χ2n) is 7.43. The molecule has 3 N–H and O–H groups in total. The van der Waals surface area contributed by atoms with Crippen LogP contribution in [0.25, 0.3) is 0 Å². The molecular formula is C21H25N2O6P-2. The van der Waals surface area contributed by atoms with E-state index in [0.717, 1.165) is 5.56 Å². The number of amides is 1. The van der Waals surface area contributed by atoms with Gasteiger partial charge in [-0.3, -0.25) is 4.79 Å². The molecule has 2 aromatic carbocycles. The largest absolute Gasteiger partial charge is 0.780 e. The third-order valence-electron chi connectivity index (χ3n) is 5.06. The summed E-state index contributed by atoms with van der Waals surface area (Å²) in [6.07, 6.45) is 6.22. The van der Waals surface area contributed by atoms with Gasteiger partial charge in [-0.2, -0.15) is 0 Å². The molecule has 1 fully saturated rings.